The van der Waals surface area contributed by atoms with E-state index in [-0.39, 0.29) is 24.9 Å². The Balaban J connectivity index is 2.50. The molecule has 1 aliphatic rings. The van der Waals surface area contributed by atoms with Crippen LogP contribution in [-0.4, -0.2) is 38.2 Å². The SMILES string of the molecule is CC(C)C(=O)/C(C=N)=C1\C=CC(OCCOCC(F)F)=CN1. The van der Waals surface area contributed by atoms with Crippen LogP contribution in [0.15, 0.2) is 35.4 Å². The van der Waals surface area contributed by atoms with E-state index in [9.17, 15) is 13.6 Å². The Morgan fingerprint density at radius 2 is 2.09 bits per heavy atom. The highest BCUT2D eigenvalue weighted by atomic mass is 19.3. The van der Waals surface area contributed by atoms with E-state index in [0.717, 1.165) is 6.21 Å². The molecule has 2 N–H and O–H groups in total. The van der Waals surface area contributed by atoms with Gasteiger partial charge in [-0.05, 0) is 12.2 Å². The first-order valence-corrected chi connectivity index (χ1v) is 6.88. The lowest BCUT2D eigenvalue weighted by atomic mass is 9.99. The molecule has 0 amide bonds. The minimum Gasteiger partial charge on any atom is -0.490 e. The fourth-order valence-electron chi connectivity index (χ4n) is 1.65. The first kappa shape index (κ1) is 18.0. The third-order valence-corrected chi connectivity index (χ3v) is 2.75. The van der Waals surface area contributed by atoms with Gasteiger partial charge in [-0.25, -0.2) is 8.78 Å². The summed E-state index contributed by atoms with van der Waals surface area (Å²) in [5.41, 5.74) is 0.816. The van der Waals surface area contributed by atoms with E-state index < -0.39 is 13.0 Å². The fourth-order valence-corrected chi connectivity index (χ4v) is 1.65. The summed E-state index contributed by atoms with van der Waals surface area (Å²) in [6, 6.07) is 0. The van der Waals surface area contributed by atoms with Crippen molar-refractivity contribution in [2.75, 3.05) is 19.8 Å². The number of Topliss-reactive ketones (excluding diaryl/α,β-unsaturated/α-hetero) is 1. The summed E-state index contributed by atoms with van der Waals surface area (Å²) in [5, 5.41) is 10.2. The van der Waals surface area contributed by atoms with Gasteiger partial charge in [-0.15, -0.1) is 0 Å². The number of hydrogen-bond donors (Lipinski definition) is 2. The standard InChI is InChI=1S/C15H20F2N2O3/c1-10(2)15(20)12(7-18)13-4-3-11(8-19-13)22-6-5-21-9-14(16)17/h3-4,7-8,10,14,18-19H,5-6,9H2,1-2H3/b13-12+,18-7?. The normalized spacial score (nSPS) is 16.4. The van der Waals surface area contributed by atoms with Crippen LogP contribution in [0.1, 0.15) is 13.8 Å². The van der Waals surface area contributed by atoms with E-state index in [4.69, 9.17) is 14.9 Å². The second-order valence-electron chi connectivity index (χ2n) is 4.83. The van der Waals surface area contributed by atoms with Crippen molar-refractivity contribution in [2.45, 2.75) is 20.3 Å². The molecule has 0 aromatic rings. The van der Waals surface area contributed by atoms with Crippen LogP contribution in [0.25, 0.3) is 0 Å². The molecule has 0 aromatic carbocycles. The third-order valence-electron chi connectivity index (χ3n) is 2.75. The number of ketones is 1. The Hall–Kier alpha value is -2.02. The molecular formula is C15H20F2N2O3. The minimum absolute atomic E-state index is 0.0653. The number of dihydropyridines is 1. The molecule has 0 saturated carbocycles. The molecule has 5 nitrogen and oxygen atoms in total. The summed E-state index contributed by atoms with van der Waals surface area (Å²) in [5.74, 6) is 0.166. The van der Waals surface area contributed by atoms with Crippen LogP contribution in [0.4, 0.5) is 8.78 Å². The average molecular weight is 314 g/mol. The Kier molecular flexibility index (Phi) is 7.45. The Morgan fingerprint density at radius 3 is 2.59 bits per heavy atom. The molecule has 0 spiro atoms. The molecule has 0 radical (unpaired) electrons. The predicted octanol–water partition coefficient (Wildman–Crippen LogP) is 2.41. The van der Waals surface area contributed by atoms with E-state index in [1.54, 1.807) is 32.2 Å². The quantitative estimate of drug-likeness (QED) is 0.389. The summed E-state index contributed by atoms with van der Waals surface area (Å²) in [4.78, 5) is 11.9. The van der Waals surface area contributed by atoms with Crippen LogP contribution >= 0.6 is 0 Å². The maximum atomic E-state index is 11.9. The van der Waals surface area contributed by atoms with E-state index in [0.29, 0.717) is 17.0 Å². The number of halogens is 2. The maximum Gasteiger partial charge on any atom is 0.261 e. The molecule has 22 heavy (non-hydrogen) atoms. The molecule has 0 bridgehead atoms. The summed E-state index contributed by atoms with van der Waals surface area (Å²) in [6.07, 6.45) is 3.35. The molecular weight excluding hydrogens is 294 g/mol. The number of carbonyl (C=O) groups is 1. The smallest absolute Gasteiger partial charge is 0.261 e. The van der Waals surface area contributed by atoms with Gasteiger partial charge in [0, 0.05) is 18.3 Å². The summed E-state index contributed by atoms with van der Waals surface area (Å²) < 4.78 is 33.7. The number of carbonyl (C=O) groups excluding carboxylic acids is 1. The largest absolute Gasteiger partial charge is 0.490 e. The van der Waals surface area contributed by atoms with Gasteiger partial charge in [0.15, 0.2) is 5.78 Å². The van der Waals surface area contributed by atoms with Gasteiger partial charge in [0.05, 0.1) is 17.9 Å². The zero-order valence-electron chi connectivity index (χ0n) is 12.6. The van der Waals surface area contributed by atoms with Crippen molar-refractivity contribution < 1.29 is 23.0 Å². The van der Waals surface area contributed by atoms with Gasteiger partial charge in [0.2, 0.25) is 0 Å². The first-order chi connectivity index (χ1) is 10.5. The van der Waals surface area contributed by atoms with Crippen molar-refractivity contribution in [3.05, 3.63) is 35.4 Å². The van der Waals surface area contributed by atoms with Crippen LogP contribution in [0, 0.1) is 11.3 Å². The number of allylic oxidation sites excluding steroid dienone is 3. The third kappa shape index (κ3) is 5.77. The van der Waals surface area contributed by atoms with Crippen molar-refractivity contribution >= 4 is 12.0 Å². The zero-order chi connectivity index (χ0) is 16.5. The zero-order valence-corrected chi connectivity index (χ0v) is 12.6. The van der Waals surface area contributed by atoms with Crippen molar-refractivity contribution in [1.29, 1.82) is 5.41 Å². The monoisotopic (exact) mass is 314 g/mol. The molecule has 0 aromatic heterocycles. The average Bonchev–Trinajstić information content (AvgIpc) is 2.48. The lowest BCUT2D eigenvalue weighted by molar-refractivity contribution is -0.117. The summed E-state index contributed by atoms with van der Waals surface area (Å²) in [7, 11) is 0. The van der Waals surface area contributed by atoms with Crippen molar-refractivity contribution in [3.8, 4) is 0 Å². The van der Waals surface area contributed by atoms with Gasteiger partial charge in [0.1, 0.15) is 19.0 Å². The van der Waals surface area contributed by atoms with Gasteiger partial charge in [-0.2, -0.15) is 0 Å². The number of rotatable bonds is 9. The molecule has 0 atom stereocenters. The van der Waals surface area contributed by atoms with Crippen LogP contribution < -0.4 is 5.32 Å². The summed E-state index contributed by atoms with van der Waals surface area (Å²) >= 11 is 0. The van der Waals surface area contributed by atoms with Crippen molar-refractivity contribution in [3.63, 3.8) is 0 Å². The number of nitrogens with one attached hydrogen (secondary N) is 2. The lowest BCUT2D eigenvalue weighted by Gasteiger charge is -2.15. The fraction of sp³-hybridized carbons (Fsp3) is 0.467. The number of ether oxygens (including phenoxy) is 2. The maximum absolute atomic E-state index is 11.9. The van der Waals surface area contributed by atoms with E-state index in [1.165, 1.54) is 0 Å². The Morgan fingerprint density at radius 1 is 1.36 bits per heavy atom. The second kappa shape index (κ2) is 9.09. The first-order valence-electron chi connectivity index (χ1n) is 6.88. The number of hydrogen-bond acceptors (Lipinski definition) is 5. The molecule has 1 aliphatic heterocycles. The second-order valence-corrected chi connectivity index (χ2v) is 4.83. The van der Waals surface area contributed by atoms with Gasteiger partial charge in [-0.3, -0.25) is 4.79 Å². The van der Waals surface area contributed by atoms with Crippen LogP contribution in [0.3, 0.4) is 0 Å². The lowest BCUT2D eigenvalue weighted by Crippen LogP contribution is -2.20. The molecule has 0 saturated heterocycles. The molecule has 0 aliphatic carbocycles. The van der Waals surface area contributed by atoms with Crippen molar-refractivity contribution in [2.24, 2.45) is 5.92 Å². The molecule has 7 heteroatoms. The Bertz CT molecular complexity index is 497. The highest BCUT2D eigenvalue weighted by Crippen LogP contribution is 2.14. The van der Waals surface area contributed by atoms with Crippen molar-refractivity contribution in [1.82, 2.24) is 5.32 Å². The molecule has 0 fully saturated rings. The highest BCUT2D eigenvalue weighted by molar-refractivity contribution is 6.14. The topological polar surface area (TPSA) is 71.4 Å². The highest BCUT2D eigenvalue weighted by Gasteiger charge is 2.16. The van der Waals surface area contributed by atoms with Gasteiger partial charge in [-0.1, -0.05) is 13.8 Å². The van der Waals surface area contributed by atoms with Gasteiger partial charge < -0.3 is 20.2 Å². The van der Waals surface area contributed by atoms with E-state index in [1.807, 2.05) is 0 Å². The molecule has 1 rings (SSSR count). The predicted molar refractivity (Wildman–Crippen MR) is 78.8 cm³/mol. The van der Waals surface area contributed by atoms with Gasteiger partial charge in [0.25, 0.3) is 6.43 Å². The van der Waals surface area contributed by atoms with Crippen LogP contribution in [-0.2, 0) is 14.3 Å². The van der Waals surface area contributed by atoms with Crippen LogP contribution in [0.2, 0.25) is 0 Å². The summed E-state index contributed by atoms with van der Waals surface area (Å²) in [6.45, 7) is 3.14. The number of alkyl halides is 2. The molecule has 1 heterocycles. The molecule has 122 valence electrons. The Labute approximate surface area is 128 Å². The van der Waals surface area contributed by atoms with E-state index >= 15 is 0 Å². The minimum atomic E-state index is -2.49. The van der Waals surface area contributed by atoms with Crippen LogP contribution in [0.5, 0.6) is 0 Å². The van der Waals surface area contributed by atoms with Gasteiger partial charge >= 0.3 is 0 Å². The van der Waals surface area contributed by atoms with E-state index in [2.05, 4.69) is 5.32 Å². The molecule has 0 unspecified atom stereocenters.